The van der Waals surface area contributed by atoms with Crippen LogP contribution in [0.4, 0.5) is 0 Å². The number of carbonyl (C=O) groups excluding carboxylic acids is 1. The predicted molar refractivity (Wildman–Crippen MR) is 62.6 cm³/mol. The molecule has 2 rings (SSSR count). The van der Waals surface area contributed by atoms with Gasteiger partial charge in [0.1, 0.15) is 12.1 Å². The summed E-state index contributed by atoms with van der Waals surface area (Å²) in [6.45, 7) is 1.38. The second-order valence-corrected chi connectivity index (χ2v) is 3.62. The van der Waals surface area contributed by atoms with E-state index in [1.807, 2.05) is 18.2 Å². The van der Waals surface area contributed by atoms with Gasteiger partial charge in [-0.2, -0.15) is 0 Å². The molecule has 0 fully saturated rings. The summed E-state index contributed by atoms with van der Waals surface area (Å²) >= 11 is 0. The Labute approximate surface area is 99.3 Å². The standard InChI is InChI=1S/C13H12N2O2/c1-10(16)17-13-4-2-11(3-5-13)8-12-6-7-14-9-15-12/h2-7,9H,8H2,1H3. The molecule has 0 N–H and O–H groups in total. The highest BCUT2D eigenvalue weighted by Gasteiger charge is 2.00. The summed E-state index contributed by atoms with van der Waals surface area (Å²) < 4.78 is 4.95. The molecular formula is C13H12N2O2. The van der Waals surface area contributed by atoms with Crippen LogP contribution in [0.25, 0.3) is 0 Å². The fourth-order valence-corrected chi connectivity index (χ4v) is 1.47. The lowest BCUT2D eigenvalue weighted by atomic mass is 10.1. The number of nitrogens with zero attached hydrogens (tertiary/aromatic N) is 2. The molecule has 1 aromatic carbocycles. The maximum absolute atomic E-state index is 10.7. The van der Waals surface area contributed by atoms with E-state index in [4.69, 9.17) is 4.74 Å². The van der Waals surface area contributed by atoms with Crippen LogP contribution in [0.2, 0.25) is 0 Å². The second kappa shape index (κ2) is 5.21. The molecule has 86 valence electrons. The molecule has 0 atom stereocenters. The fourth-order valence-electron chi connectivity index (χ4n) is 1.47. The van der Waals surface area contributed by atoms with Crippen molar-refractivity contribution in [2.24, 2.45) is 0 Å². The zero-order chi connectivity index (χ0) is 12.1. The van der Waals surface area contributed by atoms with Crippen molar-refractivity contribution in [3.63, 3.8) is 0 Å². The highest BCUT2D eigenvalue weighted by atomic mass is 16.5. The van der Waals surface area contributed by atoms with Crippen LogP contribution in [0, 0.1) is 0 Å². The lowest BCUT2D eigenvalue weighted by Gasteiger charge is -2.03. The molecule has 17 heavy (non-hydrogen) atoms. The Kier molecular flexibility index (Phi) is 3.45. The summed E-state index contributed by atoms with van der Waals surface area (Å²) in [6, 6.07) is 9.26. The molecule has 0 aliphatic carbocycles. The molecule has 0 radical (unpaired) electrons. The zero-order valence-corrected chi connectivity index (χ0v) is 9.46. The van der Waals surface area contributed by atoms with E-state index in [1.54, 1.807) is 18.3 Å². The van der Waals surface area contributed by atoms with Gasteiger partial charge in [-0.25, -0.2) is 9.97 Å². The summed E-state index contributed by atoms with van der Waals surface area (Å²) in [7, 11) is 0. The Bertz CT molecular complexity index is 495. The molecule has 0 amide bonds. The van der Waals surface area contributed by atoms with Gasteiger partial charge in [-0.15, -0.1) is 0 Å². The van der Waals surface area contributed by atoms with Crippen molar-refractivity contribution in [1.82, 2.24) is 9.97 Å². The quantitative estimate of drug-likeness (QED) is 0.595. The van der Waals surface area contributed by atoms with Gasteiger partial charge in [0.05, 0.1) is 0 Å². The predicted octanol–water partition coefficient (Wildman–Crippen LogP) is 1.99. The summed E-state index contributed by atoms with van der Waals surface area (Å²) in [5, 5.41) is 0. The van der Waals surface area contributed by atoms with Crippen LogP contribution in [0.3, 0.4) is 0 Å². The molecule has 0 unspecified atom stereocenters. The van der Waals surface area contributed by atoms with E-state index in [0.717, 1.165) is 17.7 Å². The maximum Gasteiger partial charge on any atom is 0.308 e. The van der Waals surface area contributed by atoms with Crippen LogP contribution in [0.15, 0.2) is 42.9 Å². The summed E-state index contributed by atoms with van der Waals surface area (Å²) in [4.78, 5) is 18.8. The van der Waals surface area contributed by atoms with E-state index < -0.39 is 0 Å². The van der Waals surface area contributed by atoms with Gasteiger partial charge < -0.3 is 4.74 Å². The van der Waals surface area contributed by atoms with E-state index >= 15 is 0 Å². The molecule has 0 saturated heterocycles. The highest BCUT2D eigenvalue weighted by molar-refractivity contribution is 5.69. The highest BCUT2D eigenvalue weighted by Crippen LogP contribution is 2.14. The minimum Gasteiger partial charge on any atom is -0.427 e. The SMILES string of the molecule is CC(=O)Oc1ccc(Cc2ccncn2)cc1. The van der Waals surface area contributed by atoms with E-state index in [-0.39, 0.29) is 5.97 Å². The van der Waals surface area contributed by atoms with E-state index in [0.29, 0.717) is 5.75 Å². The van der Waals surface area contributed by atoms with Crippen molar-refractivity contribution in [2.75, 3.05) is 0 Å². The first-order valence-corrected chi connectivity index (χ1v) is 5.26. The normalized spacial score (nSPS) is 9.94. The molecule has 4 nitrogen and oxygen atoms in total. The Balaban J connectivity index is 2.06. The first-order valence-electron chi connectivity index (χ1n) is 5.26. The number of carbonyl (C=O) groups is 1. The fraction of sp³-hybridized carbons (Fsp3) is 0.154. The molecule has 4 heteroatoms. The van der Waals surface area contributed by atoms with Crippen LogP contribution >= 0.6 is 0 Å². The zero-order valence-electron chi connectivity index (χ0n) is 9.46. The van der Waals surface area contributed by atoms with E-state index in [9.17, 15) is 4.79 Å². The van der Waals surface area contributed by atoms with Crippen LogP contribution < -0.4 is 4.74 Å². The molecule has 1 aromatic heterocycles. The minimum atomic E-state index is -0.312. The number of hydrogen-bond acceptors (Lipinski definition) is 4. The van der Waals surface area contributed by atoms with Gasteiger partial charge in [-0.1, -0.05) is 12.1 Å². The van der Waals surface area contributed by atoms with Crippen molar-refractivity contribution in [1.29, 1.82) is 0 Å². The first-order chi connectivity index (χ1) is 8.24. The van der Waals surface area contributed by atoms with Gasteiger partial charge >= 0.3 is 5.97 Å². The van der Waals surface area contributed by atoms with Gasteiger partial charge in [-0.05, 0) is 23.8 Å². The van der Waals surface area contributed by atoms with Gasteiger partial charge in [0.15, 0.2) is 0 Å². The maximum atomic E-state index is 10.7. The molecule has 0 spiro atoms. The monoisotopic (exact) mass is 228 g/mol. The average molecular weight is 228 g/mol. The summed E-state index contributed by atoms with van der Waals surface area (Å²) in [5.41, 5.74) is 2.07. The Morgan fingerprint density at radius 2 is 2.00 bits per heavy atom. The van der Waals surface area contributed by atoms with Gasteiger partial charge in [0, 0.05) is 25.2 Å². The number of aromatic nitrogens is 2. The van der Waals surface area contributed by atoms with Gasteiger partial charge in [0.25, 0.3) is 0 Å². The van der Waals surface area contributed by atoms with Crippen molar-refractivity contribution in [3.8, 4) is 5.75 Å². The topological polar surface area (TPSA) is 52.1 Å². The van der Waals surface area contributed by atoms with Crippen LogP contribution in [0.5, 0.6) is 5.75 Å². The van der Waals surface area contributed by atoms with E-state index in [1.165, 1.54) is 13.3 Å². The summed E-state index contributed by atoms with van der Waals surface area (Å²) in [5.74, 6) is 0.248. The average Bonchev–Trinajstić information content (AvgIpc) is 2.32. The van der Waals surface area contributed by atoms with Crippen LogP contribution in [-0.2, 0) is 11.2 Å². The number of benzene rings is 1. The van der Waals surface area contributed by atoms with Gasteiger partial charge in [-0.3, -0.25) is 4.79 Å². The molecule has 2 aromatic rings. The number of hydrogen-bond donors (Lipinski definition) is 0. The third-order valence-electron chi connectivity index (χ3n) is 2.21. The molecule has 0 saturated carbocycles. The number of ether oxygens (including phenoxy) is 1. The summed E-state index contributed by atoms with van der Waals surface area (Å²) in [6.07, 6.45) is 3.99. The third kappa shape index (κ3) is 3.38. The molecule has 0 bridgehead atoms. The van der Waals surface area contributed by atoms with Crippen LogP contribution in [0.1, 0.15) is 18.2 Å². The molecule has 1 heterocycles. The Hall–Kier alpha value is -2.23. The first kappa shape index (κ1) is 11.3. The molecule has 0 aliphatic rings. The smallest absolute Gasteiger partial charge is 0.308 e. The molecule has 0 aliphatic heterocycles. The van der Waals surface area contributed by atoms with Gasteiger partial charge in [0.2, 0.25) is 0 Å². The largest absolute Gasteiger partial charge is 0.427 e. The number of esters is 1. The lowest BCUT2D eigenvalue weighted by molar-refractivity contribution is -0.131. The third-order valence-corrected chi connectivity index (χ3v) is 2.21. The van der Waals surface area contributed by atoms with Crippen molar-refractivity contribution < 1.29 is 9.53 Å². The Morgan fingerprint density at radius 1 is 1.24 bits per heavy atom. The van der Waals surface area contributed by atoms with Crippen molar-refractivity contribution in [2.45, 2.75) is 13.3 Å². The van der Waals surface area contributed by atoms with Crippen molar-refractivity contribution in [3.05, 3.63) is 54.1 Å². The Morgan fingerprint density at radius 3 is 2.59 bits per heavy atom. The van der Waals surface area contributed by atoms with E-state index in [2.05, 4.69) is 9.97 Å². The number of rotatable bonds is 3. The molecular weight excluding hydrogens is 216 g/mol. The second-order valence-electron chi connectivity index (χ2n) is 3.62. The van der Waals surface area contributed by atoms with Crippen LogP contribution in [-0.4, -0.2) is 15.9 Å². The van der Waals surface area contributed by atoms with Crippen molar-refractivity contribution >= 4 is 5.97 Å². The lowest BCUT2D eigenvalue weighted by Crippen LogP contribution is -2.01. The minimum absolute atomic E-state index is 0.312.